The van der Waals surface area contributed by atoms with E-state index < -0.39 is 0 Å². The Balaban J connectivity index is 1.76. The van der Waals surface area contributed by atoms with E-state index >= 15 is 0 Å². The Morgan fingerprint density at radius 1 is 1.32 bits per heavy atom. The van der Waals surface area contributed by atoms with Gasteiger partial charge in [-0.05, 0) is 12.1 Å². The molecule has 3 heterocycles. The fraction of sp³-hybridized carbons (Fsp3) is 0.0714. The molecule has 3 aromatic heterocycles. The molecule has 3 rings (SSSR count). The van der Waals surface area contributed by atoms with Crippen LogP contribution in [0.3, 0.4) is 0 Å². The molecule has 0 saturated heterocycles. The minimum atomic E-state index is -0.287. The molecule has 8 nitrogen and oxygen atoms in total. The summed E-state index contributed by atoms with van der Waals surface area (Å²) in [5.41, 5.74) is 0.925. The maximum Gasteiger partial charge on any atom is 0.253 e. The van der Waals surface area contributed by atoms with Crippen molar-refractivity contribution in [2.45, 2.75) is 6.54 Å². The topological polar surface area (TPSA) is 106 Å². The molecule has 1 amide bonds. The van der Waals surface area contributed by atoms with E-state index in [1.807, 2.05) is 6.07 Å². The molecule has 0 spiro atoms. The second-order valence-electron chi connectivity index (χ2n) is 4.45. The second kappa shape index (κ2) is 6.00. The summed E-state index contributed by atoms with van der Waals surface area (Å²) < 4.78 is 1.53. The summed E-state index contributed by atoms with van der Waals surface area (Å²) in [6, 6.07) is 6.40. The van der Waals surface area contributed by atoms with Crippen molar-refractivity contribution in [3.05, 3.63) is 70.8 Å². The number of hydrogen-bond acceptors (Lipinski definition) is 5. The highest BCUT2D eigenvalue weighted by atomic mass is 16.1. The van der Waals surface area contributed by atoms with Gasteiger partial charge in [-0.2, -0.15) is 5.10 Å². The van der Waals surface area contributed by atoms with Crippen LogP contribution in [0.4, 0.5) is 0 Å². The van der Waals surface area contributed by atoms with Gasteiger partial charge in [0, 0.05) is 30.6 Å². The molecular weight excluding hydrogens is 284 g/mol. The fourth-order valence-corrected chi connectivity index (χ4v) is 1.92. The van der Waals surface area contributed by atoms with Crippen molar-refractivity contribution >= 4 is 5.91 Å². The van der Waals surface area contributed by atoms with Gasteiger partial charge in [-0.15, -0.1) is 0 Å². The number of amides is 1. The monoisotopic (exact) mass is 296 g/mol. The molecule has 0 unspecified atom stereocenters. The van der Waals surface area contributed by atoms with Gasteiger partial charge >= 0.3 is 0 Å². The Hall–Kier alpha value is -3.29. The molecule has 0 fully saturated rings. The number of aromatic nitrogens is 5. The molecule has 0 aliphatic rings. The van der Waals surface area contributed by atoms with Crippen molar-refractivity contribution in [2.75, 3.05) is 0 Å². The minimum Gasteiger partial charge on any atom is -0.348 e. The van der Waals surface area contributed by atoms with Crippen LogP contribution in [-0.2, 0) is 6.54 Å². The van der Waals surface area contributed by atoms with E-state index in [0.717, 1.165) is 5.56 Å². The zero-order valence-electron chi connectivity index (χ0n) is 11.4. The van der Waals surface area contributed by atoms with Crippen LogP contribution < -0.4 is 10.9 Å². The van der Waals surface area contributed by atoms with Crippen LogP contribution in [0, 0.1) is 0 Å². The predicted octanol–water partition coefficient (Wildman–Crippen LogP) is 0.281. The van der Waals surface area contributed by atoms with Gasteiger partial charge < -0.3 is 10.3 Å². The number of H-pyrrole nitrogens is 1. The van der Waals surface area contributed by atoms with Gasteiger partial charge in [-0.1, -0.05) is 6.07 Å². The zero-order valence-corrected chi connectivity index (χ0v) is 11.4. The quantitative estimate of drug-likeness (QED) is 0.719. The Morgan fingerprint density at radius 3 is 2.95 bits per heavy atom. The van der Waals surface area contributed by atoms with Crippen LogP contribution >= 0.6 is 0 Å². The summed E-state index contributed by atoms with van der Waals surface area (Å²) in [7, 11) is 0. The van der Waals surface area contributed by atoms with Crippen LogP contribution in [0.25, 0.3) is 5.82 Å². The van der Waals surface area contributed by atoms with Crippen molar-refractivity contribution in [2.24, 2.45) is 0 Å². The van der Waals surface area contributed by atoms with Crippen molar-refractivity contribution < 1.29 is 4.79 Å². The van der Waals surface area contributed by atoms with E-state index in [-0.39, 0.29) is 18.0 Å². The van der Waals surface area contributed by atoms with Gasteiger partial charge in [0.25, 0.3) is 5.91 Å². The first-order chi connectivity index (χ1) is 10.7. The van der Waals surface area contributed by atoms with Crippen molar-refractivity contribution in [1.29, 1.82) is 0 Å². The van der Waals surface area contributed by atoms with E-state index in [0.29, 0.717) is 11.4 Å². The lowest BCUT2D eigenvalue weighted by atomic mass is 10.2. The van der Waals surface area contributed by atoms with Crippen LogP contribution in [-0.4, -0.2) is 30.6 Å². The summed E-state index contributed by atoms with van der Waals surface area (Å²) >= 11 is 0. The highest BCUT2D eigenvalue weighted by Gasteiger charge is 2.09. The molecule has 0 radical (unpaired) electrons. The highest BCUT2D eigenvalue weighted by molar-refractivity contribution is 5.93. The van der Waals surface area contributed by atoms with E-state index in [1.54, 1.807) is 12.3 Å². The third kappa shape index (κ3) is 2.90. The number of nitrogens with zero attached hydrogens (tertiary/aromatic N) is 4. The van der Waals surface area contributed by atoms with Gasteiger partial charge in [0.1, 0.15) is 12.7 Å². The smallest absolute Gasteiger partial charge is 0.253 e. The standard InChI is InChI=1S/C14H12N6O2/c21-12-4-3-11(7-17-12)14(22)18-6-10-2-1-5-16-13(10)20-9-15-8-19-20/h1-5,7-9H,6H2,(H,17,21)(H,18,22). The molecule has 8 heteroatoms. The van der Waals surface area contributed by atoms with Gasteiger partial charge in [0.05, 0.1) is 5.56 Å². The van der Waals surface area contributed by atoms with E-state index in [4.69, 9.17) is 0 Å². The molecule has 0 atom stereocenters. The van der Waals surface area contributed by atoms with E-state index in [9.17, 15) is 9.59 Å². The van der Waals surface area contributed by atoms with E-state index in [1.165, 1.54) is 35.7 Å². The molecule has 0 aliphatic heterocycles. The molecule has 2 N–H and O–H groups in total. The number of carbonyl (C=O) groups is 1. The Bertz CT molecular complexity index is 820. The Kier molecular flexibility index (Phi) is 3.73. The van der Waals surface area contributed by atoms with Gasteiger partial charge in [-0.3, -0.25) is 9.59 Å². The van der Waals surface area contributed by atoms with Crippen LogP contribution in [0.2, 0.25) is 0 Å². The molecule has 0 bridgehead atoms. The zero-order chi connectivity index (χ0) is 15.4. The molecule has 0 aliphatic carbocycles. The molecule has 110 valence electrons. The first kappa shape index (κ1) is 13.7. The number of hydrogen-bond donors (Lipinski definition) is 2. The predicted molar refractivity (Wildman–Crippen MR) is 77.4 cm³/mol. The summed E-state index contributed by atoms with van der Waals surface area (Å²) in [6.45, 7) is 0.279. The molecule has 0 aromatic carbocycles. The van der Waals surface area contributed by atoms with E-state index in [2.05, 4.69) is 25.4 Å². The summed E-state index contributed by atoms with van der Waals surface area (Å²) in [4.78, 5) is 33.6. The lowest BCUT2D eigenvalue weighted by Crippen LogP contribution is -2.24. The van der Waals surface area contributed by atoms with Crippen molar-refractivity contribution in [1.82, 2.24) is 30.0 Å². The molecule has 3 aromatic rings. The Labute approximate surface area is 124 Å². The number of carbonyl (C=O) groups excluding carboxylic acids is 1. The number of rotatable bonds is 4. The van der Waals surface area contributed by atoms with Crippen molar-refractivity contribution in [3.63, 3.8) is 0 Å². The maximum absolute atomic E-state index is 12.0. The average Bonchev–Trinajstić information content (AvgIpc) is 3.08. The van der Waals surface area contributed by atoms with Gasteiger partial charge in [0.15, 0.2) is 5.82 Å². The molecule has 0 saturated carbocycles. The lowest BCUT2D eigenvalue weighted by Gasteiger charge is -2.09. The van der Waals surface area contributed by atoms with Gasteiger partial charge in [0.2, 0.25) is 5.56 Å². The molecule has 22 heavy (non-hydrogen) atoms. The summed E-state index contributed by atoms with van der Waals surface area (Å²) in [6.07, 6.45) is 5.97. The Morgan fingerprint density at radius 2 is 2.23 bits per heavy atom. The normalized spacial score (nSPS) is 10.4. The third-order valence-corrected chi connectivity index (χ3v) is 2.99. The van der Waals surface area contributed by atoms with Crippen LogP contribution in [0.15, 0.2) is 54.1 Å². The second-order valence-corrected chi connectivity index (χ2v) is 4.45. The summed E-state index contributed by atoms with van der Waals surface area (Å²) in [5.74, 6) is 0.311. The van der Waals surface area contributed by atoms with Gasteiger partial charge in [-0.25, -0.2) is 14.6 Å². The largest absolute Gasteiger partial charge is 0.348 e. The highest BCUT2D eigenvalue weighted by Crippen LogP contribution is 2.09. The number of nitrogens with one attached hydrogen (secondary N) is 2. The van der Waals surface area contributed by atoms with Crippen molar-refractivity contribution in [3.8, 4) is 5.82 Å². The van der Waals surface area contributed by atoms with Crippen LogP contribution in [0.5, 0.6) is 0 Å². The average molecular weight is 296 g/mol. The maximum atomic E-state index is 12.0. The van der Waals surface area contributed by atoms with Crippen LogP contribution in [0.1, 0.15) is 15.9 Å². The third-order valence-electron chi connectivity index (χ3n) is 2.99. The fourth-order valence-electron chi connectivity index (χ4n) is 1.92. The summed E-state index contributed by atoms with van der Waals surface area (Å²) in [5, 5.41) is 6.81. The molecular formula is C14H12N6O2. The number of aromatic amines is 1. The lowest BCUT2D eigenvalue weighted by molar-refractivity contribution is 0.0950. The minimum absolute atomic E-state index is 0.253. The SMILES string of the molecule is O=C(NCc1cccnc1-n1cncn1)c1ccc(=O)[nH]c1. The first-order valence-electron chi connectivity index (χ1n) is 6.50. The first-order valence-corrected chi connectivity index (χ1v) is 6.50. The number of pyridine rings is 2.